The molecule has 3 nitrogen and oxygen atoms in total. The van der Waals surface area contributed by atoms with Crippen LogP contribution in [0.25, 0.3) is 0 Å². The Morgan fingerprint density at radius 2 is 2.12 bits per heavy atom. The van der Waals surface area contributed by atoms with Crippen molar-refractivity contribution in [1.29, 1.82) is 0 Å². The standard InChI is InChI=1S/C14H27NO2/c1-5-17-14(16)13(15-10(2)3)12-8-6-7-11(4)9-12/h10-13,15H,5-9H2,1-4H3. The normalized spacial score (nSPS) is 26.9. The van der Waals surface area contributed by atoms with Gasteiger partial charge in [0.25, 0.3) is 0 Å². The lowest BCUT2D eigenvalue weighted by Gasteiger charge is -2.33. The van der Waals surface area contributed by atoms with E-state index < -0.39 is 0 Å². The first-order chi connectivity index (χ1) is 8.04. The van der Waals surface area contributed by atoms with Crippen molar-refractivity contribution in [2.75, 3.05) is 6.61 Å². The quantitative estimate of drug-likeness (QED) is 0.752. The lowest BCUT2D eigenvalue weighted by Crippen LogP contribution is -2.48. The molecule has 0 bridgehead atoms. The Morgan fingerprint density at radius 1 is 1.41 bits per heavy atom. The van der Waals surface area contributed by atoms with Crippen LogP contribution in [0.2, 0.25) is 0 Å². The molecule has 1 aliphatic rings. The van der Waals surface area contributed by atoms with Crippen molar-refractivity contribution in [2.24, 2.45) is 11.8 Å². The predicted molar refractivity (Wildman–Crippen MR) is 69.8 cm³/mol. The van der Waals surface area contributed by atoms with Gasteiger partial charge in [0.05, 0.1) is 6.61 Å². The van der Waals surface area contributed by atoms with Gasteiger partial charge in [0.2, 0.25) is 0 Å². The number of rotatable bonds is 5. The summed E-state index contributed by atoms with van der Waals surface area (Å²) in [5.74, 6) is 1.11. The summed E-state index contributed by atoms with van der Waals surface area (Å²) in [4.78, 5) is 12.0. The second kappa shape index (κ2) is 7.00. The number of carbonyl (C=O) groups is 1. The van der Waals surface area contributed by atoms with E-state index in [0.29, 0.717) is 18.6 Å². The van der Waals surface area contributed by atoms with E-state index in [1.54, 1.807) is 0 Å². The van der Waals surface area contributed by atoms with Gasteiger partial charge in [-0.05, 0) is 31.6 Å². The summed E-state index contributed by atoms with van der Waals surface area (Å²) in [7, 11) is 0. The van der Waals surface area contributed by atoms with Crippen molar-refractivity contribution >= 4 is 5.97 Å². The fourth-order valence-corrected chi connectivity index (χ4v) is 2.77. The average molecular weight is 241 g/mol. The van der Waals surface area contributed by atoms with Crippen molar-refractivity contribution in [2.45, 2.75) is 65.5 Å². The van der Waals surface area contributed by atoms with Crippen molar-refractivity contribution in [3.05, 3.63) is 0 Å². The molecule has 0 amide bonds. The molecule has 0 aromatic rings. The molecule has 1 N–H and O–H groups in total. The second-order valence-electron chi connectivity index (χ2n) is 5.58. The molecule has 17 heavy (non-hydrogen) atoms. The summed E-state index contributed by atoms with van der Waals surface area (Å²) in [6, 6.07) is 0.208. The van der Waals surface area contributed by atoms with Crippen molar-refractivity contribution in [3.8, 4) is 0 Å². The minimum Gasteiger partial charge on any atom is -0.465 e. The minimum atomic E-state index is -0.113. The molecule has 1 rings (SSSR count). The van der Waals surface area contributed by atoms with Crippen LogP contribution in [-0.2, 0) is 9.53 Å². The third-order valence-electron chi connectivity index (χ3n) is 3.50. The van der Waals surface area contributed by atoms with Crippen LogP contribution in [0.15, 0.2) is 0 Å². The highest BCUT2D eigenvalue weighted by Gasteiger charge is 2.32. The molecule has 3 atom stereocenters. The van der Waals surface area contributed by atoms with E-state index in [9.17, 15) is 4.79 Å². The monoisotopic (exact) mass is 241 g/mol. The maximum absolute atomic E-state index is 12.0. The van der Waals surface area contributed by atoms with Gasteiger partial charge < -0.3 is 10.1 Å². The Kier molecular flexibility index (Phi) is 5.96. The minimum absolute atomic E-state index is 0.0692. The average Bonchev–Trinajstić information content (AvgIpc) is 2.26. The zero-order valence-electron chi connectivity index (χ0n) is 11.7. The zero-order chi connectivity index (χ0) is 12.8. The number of hydrogen-bond donors (Lipinski definition) is 1. The Bertz CT molecular complexity index is 240. The van der Waals surface area contributed by atoms with Crippen molar-refractivity contribution < 1.29 is 9.53 Å². The van der Waals surface area contributed by atoms with Gasteiger partial charge >= 0.3 is 5.97 Å². The van der Waals surface area contributed by atoms with Gasteiger partial charge in [-0.25, -0.2) is 0 Å². The smallest absolute Gasteiger partial charge is 0.323 e. The predicted octanol–water partition coefficient (Wildman–Crippen LogP) is 2.74. The lowest BCUT2D eigenvalue weighted by atomic mass is 9.78. The molecule has 0 aromatic heterocycles. The van der Waals surface area contributed by atoms with Crippen LogP contribution in [0.1, 0.15) is 53.4 Å². The molecular weight excluding hydrogens is 214 g/mol. The van der Waals surface area contributed by atoms with Crippen LogP contribution in [0, 0.1) is 11.8 Å². The van der Waals surface area contributed by atoms with Gasteiger partial charge in [-0.1, -0.05) is 33.6 Å². The zero-order valence-corrected chi connectivity index (χ0v) is 11.7. The van der Waals surface area contributed by atoms with E-state index in [1.165, 1.54) is 12.8 Å². The van der Waals surface area contributed by atoms with Gasteiger partial charge in [0.1, 0.15) is 6.04 Å². The number of ether oxygens (including phenoxy) is 1. The van der Waals surface area contributed by atoms with E-state index >= 15 is 0 Å². The van der Waals surface area contributed by atoms with Crippen LogP contribution in [0.3, 0.4) is 0 Å². The third-order valence-corrected chi connectivity index (χ3v) is 3.50. The second-order valence-corrected chi connectivity index (χ2v) is 5.58. The molecule has 3 heteroatoms. The molecule has 1 saturated carbocycles. The Hall–Kier alpha value is -0.570. The summed E-state index contributed by atoms with van der Waals surface area (Å²) in [6.07, 6.45) is 4.83. The highest BCUT2D eigenvalue weighted by atomic mass is 16.5. The van der Waals surface area contributed by atoms with E-state index in [0.717, 1.165) is 18.8 Å². The lowest BCUT2D eigenvalue weighted by molar-refractivity contribution is -0.148. The number of hydrogen-bond acceptors (Lipinski definition) is 3. The van der Waals surface area contributed by atoms with Gasteiger partial charge in [-0.15, -0.1) is 0 Å². The van der Waals surface area contributed by atoms with Crippen LogP contribution in [0.4, 0.5) is 0 Å². The highest BCUT2D eigenvalue weighted by Crippen LogP contribution is 2.31. The first-order valence-corrected chi connectivity index (χ1v) is 6.97. The van der Waals surface area contributed by atoms with Gasteiger partial charge in [0.15, 0.2) is 0 Å². The van der Waals surface area contributed by atoms with Crippen LogP contribution < -0.4 is 5.32 Å². The fraction of sp³-hybridized carbons (Fsp3) is 0.929. The summed E-state index contributed by atoms with van der Waals surface area (Å²) in [5, 5.41) is 3.38. The molecule has 0 aliphatic heterocycles. The van der Waals surface area contributed by atoms with E-state index in [1.807, 2.05) is 6.92 Å². The summed E-state index contributed by atoms with van der Waals surface area (Å²) in [6.45, 7) is 8.78. The molecule has 1 fully saturated rings. The Morgan fingerprint density at radius 3 is 2.65 bits per heavy atom. The summed E-state index contributed by atoms with van der Waals surface area (Å²) >= 11 is 0. The van der Waals surface area contributed by atoms with Crippen LogP contribution in [0.5, 0.6) is 0 Å². The molecule has 0 radical (unpaired) electrons. The topological polar surface area (TPSA) is 38.3 Å². The summed E-state index contributed by atoms with van der Waals surface area (Å²) in [5.41, 5.74) is 0. The molecule has 0 saturated heterocycles. The largest absolute Gasteiger partial charge is 0.465 e. The SMILES string of the molecule is CCOC(=O)C(NC(C)C)C1CCCC(C)C1. The molecule has 0 spiro atoms. The van der Waals surface area contributed by atoms with Crippen LogP contribution >= 0.6 is 0 Å². The maximum Gasteiger partial charge on any atom is 0.323 e. The van der Waals surface area contributed by atoms with Gasteiger partial charge in [0, 0.05) is 6.04 Å². The Balaban J connectivity index is 2.63. The van der Waals surface area contributed by atoms with E-state index in [2.05, 4.69) is 26.1 Å². The molecule has 100 valence electrons. The molecular formula is C14H27NO2. The summed E-state index contributed by atoms with van der Waals surface area (Å²) < 4.78 is 5.19. The third kappa shape index (κ3) is 4.66. The van der Waals surface area contributed by atoms with Crippen LogP contribution in [-0.4, -0.2) is 24.7 Å². The molecule has 0 heterocycles. The van der Waals surface area contributed by atoms with Crippen molar-refractivity contribution in [1.82, 2.24) is 5.32 Å². The number of nitrogens with one attached hydrogen (secondary N) is 1. The number of esters is 1. The van der Waals surface area contributed by atoms with E-state index in [-0.39, 0.29) is 12.0 Å². The molecule has 1 aliphatic carbocycles. The van der Waals surface area contributed by atoms with Gasteiger partial charge in [-0.3, -0.25) is 4.79 Å². The maximum atomic E-state index is 12.0. The highest BCUT2D eigenvalue weighted by molar-refractivity contribution is 5.76. The van der Waals surface area contributed by atoms with Crippen molar-refractivity contribution in [3.63, 3.8) is 0 Å². The Labute approximate surface area is 105 Å². The molecule has 0 aromatic carbocycles. The van der Waals surface area contributed by atoms with E-state index in [4.69, 9.17) is 4.74 Å². The first kappa shape index (κ1) is 14.5. The molecule has 3 unspecified atom stereocenters. The number of carbonyl (C=O) groups excluding carboxylic acids is 1. The van der Waals surface area contributed by atoms with Gasteiger partial charge in [-0.2, -0.15) is 0 Å². The first-order valence-electron chi connectivity index (χ1n) is 6.97. The fourth-order valence-electron chi connectivity index (χ4n) is 2.77.